The number of nitrogens with zero attached hydrogens (tertiary/aromatic N) is 2. The molecule has 1 N–H and O–H groups in total. The summed E-state index contributed by atoms with van der Waals surface area (Å²) < 4.78 is 1.23. The Bertz CT molecular complexity index is 407. The van der Waals surface area contributed by atoms with E-state index < -0.39 is 0 Å². The van der Waals surface area contributed by atoms with Crippen molar-refractivity contribution in [2.45, 2.75) is 12.5 Å². The average Bonchev–Trinajstić information content (AvgIpc) is 2.37. The number of halogens is 1. The minimum absolute atomic E-state index is 0.247. The van der Waals surface area contributed by atoms with Crippen molar-refractivity contribution in [1.82, 2.24) is 10.2 Å². The van der Waals surface area contributed by atoms with Crippen molar-refractivity contribution in [3.05, 3.63) is 33.4 Å². The number of benzene rings is 1. The van der Waals surface area contributed by atoms with Crippen LogP contribution in [-0.4, -0.2) is 31.1 Å². The molecule has 3 nitrogen and oxygen atoms in total. The summed E-state index contributed by atoms with van der Waals surface area (Å²) in [5.41, 5.74) is 1.26. The molecule has 1 aromatic carbocycles. The minimum atomic E-state index is 0.247. The molecule has 2 rings (SSSR count). The highest BCUT2D eigenvalue weighted by molar-refractivity contribution is 14.1. The Kier molecular flexibility index (Phi) is 4.77. The molecule has 0 aromatic heterocycles. The largest absolute Gasteiger partial charge is 0.314 e. The van der Waals surface area contributed by atoms with Gasteiger partial charge in [0.05, 0.1) is 12.5 Å². The van der Waals surface area contributed by atoms with Crippen LogP contribution in [0.1, 0.15) is 18.0 Å². The van der Waals surface area contributed by atoms with Crippen molar-refractivity contribution in [3.63, 3.8) is 0 Å². The zero-order valence-electron chi connectivity index (χ0n) is 9.69. The van der Waals surface area contributed by atoms with Gasteiger partial charge < -0.3 is 5.32 Å². The number of piperazine rings is 1. The zero-order chi connectivity index (χ0) is 12.1. The van der Waals surface area contributed by atoms with Gasteiger partial charge in [0.15, 0.2) is 0 Å². The van der Waals surface area contributed by atoms with Crippen LogP contribution in [0.2, 0.25) is 0 Å². The number of nitrogens with one attached hydrogen (secondary N) is 1. The SMILES string of the molecule is N#CC[C@H](c1cccc(I)c1)N1CCNCC1. The van der Waals surface area contributed by atoms with E-state index in [4.69, 9.17) is 5.26 Å². The normalized spacial score (nSPS) is 18.6. The molecule has 1 atom stereocenters. The first-order valence-corrected chi connectivity index (χ1v) is 6.96. The standard InChI is InChI=1S/C13H16IN3/c14-12-3-1-2-11(10-12)13(4-5-15)17-8-6-16-7-9-17/h1-3,10,13,16H,4,6-9H2/t13-/m1/s1. The maximum atomic E-state index is 9.00. The third-order valence-electron chi connectivity index (χ3n) is 3.11. The summed E-state index contributed by atoms with van der Waals surface area (Å²) in [6.45, 7) is 4.09. The van der Waals surface area contributed by atoms with Crippen LogP contribution in [0.3, 0.4) is 0 Å². The van der Waals surface area contributed by atoms with Gasteiger partial charge in [-0.15, -0.1) is 0 Å². The quantitative estimate of drug-likeness (QED) is 0.857. The van der Waals surface area contributed by atoms with Crippen LogP contribution in [-0.2, 0) is 0 Å². The van der Waals surface area contributed by atoms with E-state index in [1.54, 1.807) is 0 Å². The molecule has 17 heavy (non-hydrogen) atoms. The lowest BCUT2D eigenvalue weighted by molar-refractivity contribution is 0.175. The Morgan fingerprint density at radius 2 is 2.18 bits per heavy atom. The fourth-order valence-corrected chi connectivity index (χ4v) is 2.82. The smallest absolute Gasteiger partial charge is 0.0641 e. The van der Waals surface area contributed by atoms with Crippen LogP contribution in [0.25, 0.3) is 0 Å². The molecule has 1 saturated heterocycles. The summed E-state index contributed by atoms with van der Waals surface area (Å²) in [6, 6.07) is 11.0. The lowest BCUT2D eigenvalue weighted by Crippen LogP contribution is -2.45. The minimum Gasteiger partial charge on any atom is -0.314 e. The second-order valence-electron chi connectivity index (χ2n) is 4.22. The molecule has 1 heterocycles. The summed E-state index contributed by atoms with van der Waals surface area (Å²) in [6.07, 6.45) is 0.570. The molecular weight excluding hydrogens is 325 g/mol. The van der Waals surface area contributed by atoms with Gasteiger partial charge in [0.2, 0.25) is 0 Å². The molecule has 1 aliphatic rings. The van der Waals surface area contributed by atoms with Crippen LogP contribution in [0.15, 0.2) is 24.3 Å². The molecule has 0 saturated carbocycles. The van der Waals surface area contributed by atoms with E-state index in [-0.39, 0.29) is 6.04 Å². The van der Waals surface area contributed by atoms with Crippen molar-refractivity contribution >= 4 is 22.6 Å². The Labute approximate surface area is 116 Å². The third-order valence-corrected chi connectivity index (χ3v) is 3.78. The topological polar surface area (TPSA) is 39.1 Å². The molecule has 90 valence electrons. The van der Waals surface area contributed by atoms with Gasteiger partial charge in [0.1, 0.15) is 0 Å². The van der Waals surface area contributed by atoms with Crippen LogP contribution in [0.4, 0.5) is 0 Å². The lowest BCUT2D eigenvalue weighted by Gasteiger charge is -2.34. The van der Waals surface area contributed by atoms with Gasteiger partial charge in [-0.1, -0.05) is 12.1 Å². The van der Waals surface area contributed by atoms with Crippen molar-refractivity contribution in [2.24, 2.45) is 0 Å². The Hall–Kier alpha value is -0.640. The van der Waals surface area contributed by atoms with Crippen molar-refractivity contribution in [1.29, 1.82) is 5.26 Å². The number of nitriles is 1. The molecule has 0 unspecified atom stereocenters. The van der Waals surface area contributed by atoms with Gasteiger partial charge in [-0.3, -0.25) is 4.90 Å². The monoisotopic (exact) mass is 341 g/mol. The summed E-state index contributed by atoms with van der Waals surface area (Å²) in [4.78, 5) is 2.41. The van der Waals surface area contributed by atoms with E-state index in [1.165, 1.54) is 9.13 Å². The van der Waals surface area contributed by atoms with Crippen molar-refractivity contribution < 1.29 is 0 Å². The van der Waals surface area contributed by atoms with Crippen LogP contribution in [0.5, 0.6) is 0 Å². The van der Waals surface area contributed by atoms with E-state index in [9.17, 15) is 0 Å². The number of rotatable bonds is 3. The Morgan fingerprint density at radius 3 is 2.82 bits per heavy atom. The van der Waals surface area contributed by atoms with Gasteiger partial charge in [-0.25, -0.2) is 0 Å². The number of hydrogen-bond acceptors (Lipinski definition) is 3. The highest BCUT2D eigenvalue weighted by atomic mass is 127. The molecule has 0 amide bonds. The van der Waals surface area contributed by atoms with Crippen LogP contribution < -0.4 is 5.32 Å². The highest BCUT2D eigenvalue weighted by Crippen LogP contribution is 2.25. The first-order valence-electron chi connectivity index (χ1n) is 5.88. The van der Waals surface area contributed by atoms with Crippen LogP contribution in [0, 0.1) is 14.9 Å². The fourth-order valence-electron chi connectivity index (χ4n) is 2.25. The molecule has 0 aliphatic carbocycles. The molecule has 1 aromatic rings. The third kappa shape index (κ3) is 3.41. The average molecular weight is 341 g/mol. The van der Waals surface area contributed by atoms with Gasteiger partial charge in [-0.05, 0) is 40.3 Å². The Balaban J connectivity index is 2.19. The number of hydrogen-bond donors (Lipinski definition) is 1. The summed E-state index contributed by atoms with van der Waals surface area (Å²) >= 11 is 2.32. The second kappa shape index (κ2) is 6.34. The molecular formula is C13H16IN3. The fraction of sp³-hybridized carbons (Fsp3) is 0.462. The van der Waals surface area contributed by atoms with Gasteiger partial charge in [0, 0.05) is 35.8 Å². The van der Waals surface area contributed by atoms with Crippen molar-refractivity contribution in [2.75, 3.05) is 26.2 Å². The Morgan fingerprint density at radius 1 is 1.41 bits per heavy atom. The van der Waals surface area contributed by atoms with E-state index in [2.05, 4.69) is 63.1 Å². The summed E-state index contributed by atoms with van der Waals surface area (Å²) in [5, 5.41) is 12.4. The molecule has 1 aliphatic heterocycles. The van der Waals surface area contributed by atoms with E-state index in [1.807, 2.05) is 0 Å². The predicted molar refractivity (Wildman–Crippen MR) is 76.6 cm³/mol. The van der Waals surface area contributed by atoms with Crippen LogP contribution >= 0.6 is 22.6 Å². The lowest BCUT2D eigenvalue weighted by atomic mass is 10.0. The summed E-state index contributed by atoms with van der Waals surface area (Å²) in [7, 11) is 0. The molecule has 1 fully saturated rings. The van der Waals surface area contributed by atoms with Gasteiger partial charge in [0.25, 0.3) is 0 Å². The molecule has 0 radical (unpaired) electrons. The van der Waals surface area contributed by atoms with Gasteiger partial charge >= 0.3 is 0 Å². The predicted octanol–water partition coefficient (Wildman–Crippen LogP) is 2.15. The first-order chi connectivity index (χ1) is 8.31. The van der Waals surface area contributed by atoms with E-state index in [0.717, 1.165) is 26.2 Å². The molecule has 4 heteroatoms. The maximum Gasteiger partial charge on any atom is 0.0641 e. The van der Waals surface area contributed by atoms with Crippen molar-refractivity contribution in [3.8, 4) is 6.07 Å². The second-order valence-corrected chi connectivity index (χ2v) is 5.46. The maximum absolute atomic E-state index is 9.00. The zero-order valence-corrected chi connectivity index (χ0v) is 11.9. The van der Waals surface area contributed by atoms with Gasteiger partial charge in [-0.2, -0.15) is 5.26 Å². The molecule has 0 bridgehead atoms. The highest BCUT2D eigenvalue weighted by Gasteiger charge is 2.21. The first kappa shape index (κ1) is 12.8. The molecule has 0 spiro atoms. The van der Waals surface area contributed by atoms with E-state index in [0.29, 0.717) is 6.42 Å². The van der Waals surface area contributed by atoms with E-state index >= 15 is 0 Å². The summed E-state index contributed by atoms with van der Waals surface area (Å²) in [5.74, 6) is 0.